The lowest BCUT2D eigenvalue weighted by atomic mass is 10.4. The van der Waals surface area contributed by atoms with Crippen molar-refractivity contribution in [3.63, 3.8) is 0 Å². The van der Waals surface area contributed by atoms with Gasteiger partial charge < -0.3 is 14.3 Å². The monoisotopic (exact) mass is 309 g/mol. The van der Waals surface area contributed by atoms with E-state index in [1.807, 2.05) is 0 Å². The van der Waals surface area contributed by atoms with Crippen molar-refractivity contribution in [3.05, 3.63) is 22.2 Å². The topological polar surface area (TPSA) is 115 Å². The molecule has 0 saturated heterocycles. The van der Waals surface area contributed by atoms with Crippen LogP contribution in [0.25, 0.3) is 0 Å². The van der Waals surface area contributed by atoms with Gasteiger partial charge >= 0.3 is 12.0 Å². The molecule has 0 atom stereocenters. The number of hydrogen-bond donors (Lipinski definition) is 2. The van der Waals surface area contributed by atoms with E-state index in [-0.39, 0.29) is 17.5 Å². The van der Waals surface area contributed by atoms with Crippen molar-refractivity contribution >= 4 is 29.2 Å². The zero-order chi connectivity index (χ0) is 14.8. The maximum absolute atomic E-state index is 11.6. The molecular formula is C12H11N3O5S. The van der Waals surface area contributed by atoms with E-state index in [1.165, 1.54) is 11.4 Å². The zero-order valence-corrected chi connectivity index (χ0v) is 11.6. The van der Waals surface area contributed by atoms with E-state index in [9.17, 15) is 9.59 Å². The number of carboxylic acids is 1. The summed E-state index contributed by atoms with van der Waals surface area (Å²) in [5.74, 6) is -0.298. The van der Waals surface area contributed by atoms with Gasteiger partial charge in [0.05, 0.1) is 0 Å². The van der Waals surface area contributed by atoms with Gasteiger partial charge in [-0.25, -0.2) is 4.79 Å². The number of nitrogens with one attached hydrogen (secondary N) is 1. The molecule has 2 aromatic heterocycles. The molecule has 110 valence electrons. The van der Waals surface area contributed by atoms with Gasteiger partial charge in [0.15, 0.2) is 6.61 Å². The Labute approximate surface area is 122 Å². The Kier molecular flexibility index (Phi) is 3.57. The molecule has 0 aromatic carbocycles. The summed E-state index contributed by atoms with van der Waals surface area (Å²) in [4.78, 5) is 22.5. The molecule has 3 rings (SSSR count). The van der Waals surface area contributed by atoms with Crippen LogP contribution < -0.4 is 10.1 Å². The van der Waals surface area contributed by atoms with Crippen LogP contribution in [-0.2, 0) is 4.79 Å². The lowest BCUT2D eigenvalue weighted by Crippen LogP contribution is -2.20. The molecule has 1 saturated carbocycles. The third-order valence-electron chi connectivity index (χ3n) is 2.77. The Morgan fingerprint density at radius 2 is 2.29 bits per heavy atom. The maximum atomic E-state index is 11.6. The summed E-state index contributed by atoms with van der Waals surface area (Å²) in [5, 5.41) is 20.3. The zero-order valence-electron chi connectivity index (χ0n) is 10.7. The van der Waals surface area contributed by atoms with Crippen LogP contribution in [0.1, 0.15) is 34.3 Å². The summed E-state index contributed by atoms with van der Waals surface area (Å²) in [6.07, 6.45) is 2.06. The van der Waals surface area contributed by atoms with Crippen molar-refractivity contribution in [3.8, 4) is 5.75 Å². The number of aromatic carboxylic acids is 1. The number of ether oxygens (including phenoxy) is 1. The average molecular weight is 309 g/mol. The molecule has 1 aliphatic carbocycles. The van der Waals surface area contributed by atoms with Crippen molar-refractivity contribution in [1.82, 2.24) is 10.2 Å². The molecule has 8 nitrogen and oxygen atoms in total. The van der Waals surface area contributed by atoms with Gasteiger partial charge in [0.1, 0.15) is 10.6 Å². The van der Waals surface area contributed by atoms with Gasteiger partial charge in [-0.2, -0.15) is 0 Å². The van der Waals surface area contributed by atoms with E-state index in [1.54, 1.807) is 0 Å². The van der Waals surface area contributed by atoms with E-state index >= 15 is 0 Å². The number of carboxylic acid groups (broad SMARTS) is 1. The second-order valence-electron chi connectivity index (χ2n) is 4.51. The highest BCUT2D eigenvalue weighted by atomic mass is 32.1. The minimum Gasteiger partial charge on any atom is -0.483 e. The third kappa shape index (κ3) is 3.37. The summed E-state index contributed by atoms with van der Waals surface area (Å²) in [6.45, 7) is -0.267. The van der Waals surface area contributed by atoms with E-state index < -0.39 is 11.9 Å². The van der Waals surface area contributed by atoms with Crippen LogP contribution in [-0.4, -0.2) is 33.8 Å². The molecule has 9 heteroatoms. The SMILES string of the molecule is O=C(COc1csc(C(=O)O)c1)Nc1nnc(C2CC2)o1. The van der Waals surface area contributed by atoms with Gasteiger partial charge in [-0.3, -0.25) is 10.1 Å². The predicted octanol–water partition coefficient (Wildman–Crippen LogP) is 1.72. The fraction of sp³-hybridized carbons (Fsp3) is 0.333. The first-order valence-electron chi connectivity index (χ1n) is 6.19. The fourth-order valence-corrected chi connectivity index (χ4v) is 2.26. The molecule has 1 fully saturated rings. The first-order valence-corrected chi connectivity index (χ1v) is 7.07. The number of aromatic nitrogens is 2. The van der Waals surface area contributed by atoms with E-state index in [0.717, 1.165) is 24.2 Å². The Balaban J connectivity index is 1.49. The predicted molar refractivity (Wildman–Crippen MR) is 71.7 cm³/mol. The summed E-state index contributed by atoms with van der Waals surface area (Å²) in [5.41, 5.74) is 0. The molecule has 0 spiro atoms. The molecule has 0 radical (unpaired) electrons. The number of anilines is 1. The van der Waals surface area contributed by atoms with Crippen LogP contribution in [0.15, 0.2) is 15.9 Å². The van der Waals surface area contributed by atoms with Gasteiger partial charge in [-0.15, -0.1) is 16.4 Å². The van der Waals surface area contributed by atoms with E-state index in [4.69, 9.17) is 14.3 Å². The van der Waals surface area contributed by atoms with Crippen LogP contribution in [0.3, 0.4) is 0 Å². The summed E-state index contributed by atoms with van der Waals surface area (Å²) in [6, 6.07) is 1.40. The summed E-state index contributed by atoms with van der Waals surface area (Å²) < 4.78 is 10.5. The van der Waals surface area contributed by atoms with Gasteiger partial charge in [-0.1, -0.05) is 5.10 Å². The van der Waals surface area contributed by atoms with Crippen molar-refractivity contribution < 1.29 is 23.8 Å². The average Bonchev–Trinajstić information content (AvgIpc) is 3.00. The summed E-state index contributed by atoms with van der Waals surface area (Å²) >= 11 is 1.03. The third-order valence-corrected chi connectivity index (χ3v) is 3.67. The van der Waals surface area contributed by atoms with Gasteiger partial charge in [0.2, 0.25) is 5.89 Å². The van der Waals surface area contributed by atoms with Gasteiger partial charge in [0, 0.05) is 17.4 Å². The van der Waals surface area contributed by atoms with Crippen LogP contribution >= 0.6 is 11.3 Å². The van der Waals surface area contributed by atoms with Crippen LogP contribution in [0.5, 0.6) is 5.75 Å². The molecule has 21 heavy (non-hydrogen) atoms. The Morgan fingerprint density at radius 3 is 2.95 bits per heavy atom. The highest BCUT2D eigenvalue weighted by molar-refractivity contribution is 7.12. The Hall–Kier alpha value is -2.42. The molecule has 2 N–H and O–H groups in total. The maximum Gasteiger partial charge on any atom is 0.346 e. The standard InChI is InChI=1S/C12H11N3O5S/c16-9(4-19-7-3-8(11(17)18)21-5-7)13-12-15-14-10(20-12)6-1-2-6/h3,5-6H,1-2,4H2,(H,17,18)(H,13,15,16). The van der Waals surface area contributed by atoms with Crippen LogP contribution in [0, 0.1) is 0 Å². The Morgan fingerprint density at radius 1 is 1.48 bits per heavy atom. The lowest BCUT2D eigenvalue weighted by Gasteiger charge is -2.02. The largest absolute Gasteiger partial charge is 0.483 e. The van der Waals surface area contributed by atoms with Gasteiger partial charge in [-0.05, 0) is 12.8 Å². The molecule has 2 aromatic rings. The Bertz CT molecular complexity index is 676. The number of thiophene rings is 1. The molecule has 0 aliphatic heterocycles. The van der Waals surface area contributed by atoms with Gasteiger partial charge in [0.25, 0.3) is 5.91 Å². The minimum absolute atomic E-state index is 0.0436. The quantitative estimate of drug-likeness (QED) is 0.834. The van der Waals surface area contributed by atoms with Crippen molar-refractivity contribution in [2.75, 3.05) is 11.9 Å². The van der Waals surface area contributed by atoms with Crippen molar-refractivity contribution in [2.24, 2.45) is 0 Å². The second kappa shape index (κ2) is 5.52. The number of carbonyl (C=O) groups excluding carboxylic acids is 1. The number of nitrogens with zero attached hydrogens (tertiary/aromatic N) is 2. The second-order valence-corrected chi connectivity index (χ2v) is 5.42. The lowest BCUT2D eigenvalue weighted by molar-refractivity contribution is -0.118. The molecule has 0 bridgehead atoms. The number of rotatable bonds is 6. The summed E-state index contributed by atoms with van der Waals surface area (Å²) in [7, 11) is 0. The fourth-order valence-electron chi connectivity index (χ4n) is 1.59. The smallest absolute Gasteiger partial charge is 0.346 e. The first kappa shape index (κ1) is 13.6. The van der Waals surface area contributed by atoms with Crippen LogP contribution in [0.4, 0.5) is 6.01 Å². The van der Waals surface area contributed by atoms with Crippen molar-refractivity contribution in [2.45, 2.75) is 18.8 Å². The molecule has 2 heterocycles. The normalized spacial score (nSPS) is 13.9. The highest BCUT2D eigenvalue weighted by Crippen LogP contribution is 2.39. The number of hydrogen-bond acceptors (Lipinski definition) is 7. The number of carbonyl (C=O) groups is 2. The molecule has 1 aliphatic rings. The molecule has 1 amide bonds. The van der Waals surface area contributed by atoms with E-state index in [2.05, 4.69) is 15.5 Å². The van der Waals surface area contributed by atoms with Crippen LogP contribution in [0.2, 0.25) is 0 Å². The first-order chi connectivity index (χ1) is 10.1. The van der Waals surface area contributed by atoms with Crippen molar-refractivity contribution in [1.29, 1.82) is 0 Å². The minimum atomic E-state index is -1.03. The number of amides is 1. The molecule has 0 unspecified atom stereocenters. The van der Waals surface area contributed by atoms with E-state index in [0.29, 0.717) is 17.6 Å². The molecular weight excluding hydrogens is 298 g/mol. The highest BCUT2D eigenvalue weighted by Gasteiger charge is 2.29.